The maximum atomic E-state index is 8.86. The Balaban J connectivity index is 2.38. The average molecular weight is 304 g/mol. The molecule has 0 saturated heterocycles. The van der Waals surface area contributed by atoms with Crippen LogP contribution in [0.15, 0.2) is 30.5 Å². The van der Waals surface area contributed by atoms with E-state index < -0.39 is 0 Å². The van der Waals surface area contributed by atoms with E-state index in [0.717, 1.165) is 27.7 Å². The van der Waals surface area contributed by atoms with E-state index in [9.17, 15) is 0 Å². The number of hydrogen-bond donors (Lipinski definition) is 1. The van der Waals surface area contributed by atoms with Crippen LogP contribution in [0.1, 0.15) is 11.1 Å². The van der Waals surface area contributed by atoms with Gasteiger partial charge in [0.05, 0.1) is 18.0 Å². The molecule has 2 N–H and O–H groups in total. The van der Waals surface area contributed by atoms with Crippen LogP contribution >= 0.6 is 23.4 Å². The monoisotopic (exact) mass is 303 g/mol. The zero-order valence-corrected chi connectivity index (χ0v) is 12.2. The van der Waals surface area contributed by atoms with E-state index in [0.29, 0.717) is 17.3 Å². The van der Waals surface area contributed by atoms with Crippen LogP contribution in [0.4, 0.5) is 0 Å². The average Bonchev–Trinajstić information content (AvgIpc) is 2.47. The van der Waals surface area contributed by atoms with Crippen molar-refractivity contribution >= 4 is 45.1 Å². The minimum Gasteiger partial charge on any atom is -0.267 e. The zero-order chi connectivity index (χ0) is 14.4. The number of fused-ring (bicyclic) bond motifs is 1. The standard InChI is InChI=1S/C14H11ClN4S/c15-9-19-14(17)20-8-11-4-3-10(5-6-16)12-2-1-7-18-13(11)12/h1-4,7,9,17H,5,8H2/p+1. The molecule has 4 nitrogen and oxygen atoms in total. The predicted molar refractivity (Wildman–Crippen MR) is 85.6 cm³/mol. The number of halogens is 1. The highest BCUT2D eigenvalue weighted by atomic mass is 35.5. The van der Waals surface area contributed by atoms with E-state index in [1.807, 2.05) is 24.3 Å². The molecule has 2 aromatic rings. The van der Waals surface area contributed by atoms with E-state index in [1.54, 1.807) is 6.20 Å². The third kappa shape index (κ3) is 3.31. The van der Waals surface area contributed by atoms with Crippen molar-refractivity contribution in [2.75, 3.05) is 0 Å². The van der Waals surface area contributed by atoms with Crippen LogP contribution in [0.2, 0.25) is 0 Å². The molecule has 20 heavy (non-hydrogen) atoms. The lowest BCUT2D eigenvalue weighted by Crippen LogP contribution is -2.10. The summed E-state index contributed by atoms with van der Waals surface area (Å²) in [6, 6.07) is 9.97. The largest absolute Gasteiger partial charge is 0.403 e. The molecule has 0 unspecified atom stereocenters. The Morgan fingerprint density at radius 1 is 1.45 bits per heavy atom. The van der Waals surface area contributed by atoms with Crippen molar-refractivity contribution in [3.05, 3.63) is 41.6 Å². The van der Waals surface area contributed by atoms with Gasteiger partial charge in [-0.3, -0.25) is 10.7 Å². The summed E-state index contributed by atoms with van der Waals surface area (Å²) in [5.41, 5.74) is 9.78. The number of nitrogens with two attached hydrogens (primary N) is 1. The molecule has 1 aromatic carbocycles. The molecule has 1 aromatic heterocycles. The molecule has 0 bridgehead atoms. The summed E-state index contributed by atoms with van der Waals surface area (Å²) in [6.45, 7) is 0. The quantitative estimate of drug-likeness (QED) is 0.535. The minimum atomic E-state index is 0.375. The van der Waals surface area contributed by atoms with Gasteiger partial charge in [-0.1, -0.05) is 18.2 Å². The lowest BCUT2D eigenvalue weighted by atomic mass is 10.0. The smallest absolute Gasteiger partial charge is 0.267 e. The summed E-state index contributed by atoms with van der Waals surface area (Å²) in [5.74, 6) is 0.653. The van der Waals surface area contributed by atoms with Crippen LogP contribution in [-0.2, 0) is 12.2 Å². The van der Waals surface area contributed by atoms with Gasteiger partial charge in [0.1, 0.15) is 0 Å². The molecule has 2 rings (SSSR count). The van der Waals surface area contributed by atoms with E-state index >= 15 is 0 Å². The Morgan fingerprint density at radius 3 is 3.00 bits per heavy atom. The first kappa shape index (κ1) is 14.4. The Hall–Kier alpha value is -1.99. The number of benzene rings is 1. The van der Waals surface area contributed by atoms with Gasteiger partial charge in [-0.2, -0.15) is 9.93 Å². The van der Waals surface area contributed by atoms with Crippen LogP contribution in [0.5, 0.6) is 0 Å². The lowest BCUT2D eigenvalue weighted by molar-refractivity contribution is 1.26. The maximum Gasteiger partial charge on any atom is 0.403 e. The van der Waals surface area contributed by atoms with Crippen molar-refractivity contribution in [1.29, 1.82) is 5.26 Å². The highest BCUT2D eigenvalue weighted by Crippen LogP contribution is 2.24. The van der Waals surface area contributed by atoms with Gasteiger partial charge in [0.2, 0.25) is 0 Å². The number of aromatic nitrogens is 1. The molecule has 0 aliphatic carbocycles. The molecule has 0 saturated carbocycles. The number of thioether (sulfide) groups is 1. The third-order valence-corrected chi connectivity index (χ3v) is 3.72. The molecule has 100 valence electrons. The highest BCUT2D eigenvalue weighted by Gasteiger charge is 2.09. The van der Waals surface area contributed by atoms with Crippen molar-refractivity contribution in [3.63, 3.8) is 0 Å². The van der Waals surface area contributed by atoms with E-state index in [2.05, 4.69) is 15.7 Å². The first-order valence-electron chi connectivity index (χ1n) is 5.86. The Labute approximate surface area is 126 Å². The summed E-state index contributed by atoms with van der Waals surface area (Å²) >= 11 is 6.78. The zero-order valence-electron chi connectivity index (χ0n) is 10.6. The molecule has 6 heteroatoms. The molecule has 0 amide bonds. The molecule has 0 fully saturated rings. The van der Waals surface area contributed by atoms with Gasteiger partial charge in [-0.25, -0.2) is 0 Å². The highest BCUT2D eigenvalue weighted by molar-refractivity contribution is 8.13. The fourth-order valence-electron chi connectivity index (χ4n) is 1.88. The second-order valence-electron chi connectivity index (χ2n) is 3.97. The Morgan fingerprint density at radius 2 is 2.25 bits per heavy atom. The molecular formula is C14H12ClN4S+. The molecular weight excluding hydrogens is 292 g/mol. The van der Waals surface area contributed by atoms with Crippen LogP contribution in [0.3, 0.4) is 0 Å². The SMILES string of the molecule is N#CCc1ccc(CSC(N)=[N+]=CCl)c2ncccc12. The van der Waals surface area contributed by atoms with Gasteiger partial charge >= 0.3 is 5.17 Å². The van der Waals surface area contributed by atoms with Crippen molar-refractivity contribution in [3.8, 4) is 6.07 Å². The molecule has 0 spiro atoms. The number of amidine groups is 1. The lowest BCUT2D eigenvalue weighted by Gasteiger charge is -2.07. The van der Waals surface area contributed by atoms with Crippen molar-refractivity contribution in [2.24, 2.45) is 5.73 Å². The summed E-state index contributed by atoms with van der Waals surface area (Å²) in [5, 5.41) is 10.3. The number of nitrogens with zero attached hydrogens (tertiary/aromatic N) is 3. The number of rotatable bonds is 3. The summed E-state index contributed by atoms with van der Waals surface area (Å²) in [7, 11) is 0. The van der Waals surface area contributed by atoms with Crippen molar-refractivity contribution in [2.45, 2.75) is 12.2 Å². The topological polar surface area (TPSA) is 76.8 Å². The van der Waals surface area contributed by atoms with Gasteiger partial charge in [0.25, 0.3) is 5.67 Å². The fourth-order valence-corrected chi connectivity index (χ4v) is 2.71. The summed E-state index contributed by atoms with van der Waals surface area (Å²) in [6.07, 6.45) is 2.12. The Bertz CT molecular complexity index is 730. The molecule has 0 aliphatic heterocycles. The van der Waals surface area contributed by atoms with Crippen molar-refractivity contribution < 1.29 is 0 Å². The summed E-state index contributed by atoms with van der Waals surface area (Å²) < 4.78 is 3.80. The van der Waals surface area contributed by atoms with E-state index in [1.165, 1.54) is 11.8 Å². The second kappa shape index (κ2) is 6.97. The van der Waals surface area contributed by atoms with Gasteiger partial charge in [-0.05, 0) is 40.6 Å². The third-order valence-electron chi connectivity index (χ3n) is 2.76. The van der Waals surface area contributed by atoms with Crippen molar-refractivity contribution in [1.82, 2.24) is 9.65 Å². The molecule has 1 heterocycles. The Kier molecular flexibility index (Phi) is 5.03. The first-order valence-corrected chi connectivity index (χ1v) is 7.29. The van der Waals surface area contributed by atoms with Gasteiger partial charge < -0.3 is 0 Å². The predicted octanol–water partition coefficient (Wildman–Crippen LogP) is 2.18. The maximum absolute atomic E-state index is 8.86. The van der Waals surface area contributed by atoms with Gasteiger partial charge in [0, 0.05) is 17.3 Å². The number of nitriles is 1. The first-order chi connectivity index (χ1) is 9.76. The van der Waals surface area contributed by atoms with Crippen LogP contribution in [-0.4, -0.2) is 15.8 Å². The van der Waals surface area contributed by atoms with Crippen LogP contribution < -0.4 is 10.4 Å². The molecule has 0 radical (unpaired) electrons. The van der Waals surface area contributed by atoms with E-state index in [-0.39, 0.29) is 0 Å². The van der Waals surface area contributed by atoms with Gasteiger partial charge in [-0.15, -0.1) is 0 Å². The van der Waals surface area contributed by atoms with E-state index in [4.69, 9.17) is 22.6 Å². The van der Waals surface area contributed by atoms with Crippen LogP contribution in [0, 0.1) is 11.3 Å². The summed E-state index contributed by atoms with van der Waals surface area (Å²) in [4.78, 5) is 4.41. The van der Waals surface area contributed by atoms with Crippen LogP contribution in [0.25, 0.3) is 10.9 Å². The molecule has 0 aliphatic rings. The second-order valence-corrected chi connectivity index (χ2v) is 5.16. The fraction of sp³-hybridized carbons (Fsp3) is 0.143. The van der Waals surface area contributed by atoms with Gasteiger partial charge in [0.15, 0.2) is 0 Å². The molecule has 0 atom stereocenters. The normalized spacial score (nSPS) is 9.80. The minimum absolute atomic E-state index is 0.375. The number of pyridine rings is 1. The number of hydrogen-bond acceptors (Lipinski definition) is 3.